The Labute approximate surface area is 127 Å². The van der Waals surface area contributed by atoms with Crippen molar-refractivity contribution < 1.29 is 31.1 Å². The van der Waals surface area contributed by atoms with Gasteiger partial charge in [0.15, 0.2) is 11.7 Å². The van der Waals surface area contributed by atoms with Crippen LogP contribution in [0.25, 0.3) is 11.7 Å². The molecular weight excluding hydrogens is 322 g/mol. The van der Waals surface area contributed by atoms with Crippen molar-refractivity contribution in [2.45, 2.75) is 0 Å². The van der Waals surface area contributed by atoms with E-state index in [1.165, 1.54) is 24.3 Å². The standard InChI is InChI=1S/C16H8F6O/c17-13(15(19)20)9-3-1-5-11(7-9)23-12-6-2-4-10(8-12)14(18)16(21)22/h1-8H. The summed E-state index contributed by atoms with van der Waals surface area (Å²) in [5.74, 6) is -3.42. The summed E-state index contributed by atoms with van der Waals surface area (Å²) in [7, 11) is 0. The fraction of sp³-hybridized carbons (Fsp3) is 0. The third-order valence-corrected chi connectivity index (χ3v) is 2.74. The van der Waals surface area contributed by atoms with Crippen molar-refractivity contribution in [2.24, 2.45) is 0 Å². The second-order valence-corrected chi connectivity index (χ2v) is 4.31. The lowest BCUT2D eigenvalue weighted by atomic mass is 10.2. The smallest absolute Gasteiger partial charge is 0.306 e. The monoisotopic (exact) mass is 330 g/mol. The van der Waals surface area contributed by atoms with Crippen molar-refractivity contribution in [2.75, 3.05) is 0 Å². The van der Waals surface area contributed by atoms with Crippen molar-refractivity contribution in [3.8, 4) is 11.5 Å². The van der Waals surface area contributed by atoms with Gasteiger partial charge >= 0.3 is 12.2 Å². The van der Waals surface area contributed by atoms with Gasteiger partial charge in [0.25, 0.3) is 0 Å². The van der Waals surface area contributed by atoms with Gasteiger partial charge in [0.05, 0.1) is 0 Å². The van der Waals surface area contributed by atoms with Crippen LogP contribution < -0.4 is 4.74 Å². The average Bonchev–Trinajstić information content (AvgIpc) is 2.53. The van der Waals surface area contributed by atoms with E-state index in [1.807, 2.05) is 0 Å². The predicted molar refractivity (Wildman–Crippen MR) is 73.4 cm³/mol. The summed E-state index contributed by atoms with van der Waals surface area (Å²) < 4.78 is 80.5. The molecule has 23 heavy (non-hydrogen) atoms. The molecule has 2 rings (SSSR count). The lowest BCUT2D eigenvalue weighted by molar-refractivity contribution is 0.410. The van der Waals surface area contributed by atoms with E-state index in [-0.39, 0.29) is 11.5 Å². The molecule has 0 aliphatic carbocycles. The predicted octanol–water partition coefficient (Wildman–Crippen LogP) is 6.55. The third kappa shape index (κ3) is 4.15. The molecule has 0 aromatic heterocycles. The van der Waals surface area contributed by atoms with E-state index in [4.69, 9.17) is 4.74 Å². The molecule has 0 fully saturated rings. The summed E-state index contributed by atoms with van der Waals surface area (Å²) in [6, 6.07) is 9.48. The molecule has 0 spiro atoms. The SMILES string of the molecule is FC(F)=C(F)c1cccc(Oc2cccc(C(F)=C(F)F)c2)c1. The molecular formula is C16H8F6O. The third-order valence-electron chi connectivity index (χ3n) is 2.74. The Hall–Kier alpha value is -2.70. The quantitative estimate of drug-likeness (QED) is 0.578. The van der Waals surface area contributed by atoms with Crippen molar-refractivity contribution in [3.63, 3.8) is 0 Å². The Balaban J connectivity index is 2.30. The normalized spacial score (nSPS) is 10.2. The topological polar surface area (TPSA) is 9.23 Å². The molecule has 0 atom stereocenters. The van der Waals surface area contributed by atoms with Gasteiger partial charge < -0.3 is 4.74 Å². The van der Waals surface area contributed by atoms with Crippen LogP contribution in [0.4, 0.5) is 26.3 Å². The van der Waals surface area contributed by atoms with Crippen molar-refractivity contribution in [1.82, 2.24) is 0 Å². The average molecular weight is 330 g/mol. The Bertz CT molecular complexity index is 708. The van der Waals surface area contributed by atoms with Crippen LogP contribution in [-0.4, -0.2) is 0 Å². The number of ether oxygens (including phenoxy) is 1. The van der Waals surface area contributed by atoms with Crippen LogP contribution in [0, 0.1) is 0 Å². The van der Waals surface area contributed by atoms with Gasteiger partial charge in [-0.25, -0.2) is 8.78 Å². The van der Waals surface area contributed by atoms with Gasteiger partial charge in [-0.2, -0.15) is 17.6 Å². The molecule has 0 amide bonds. The molecule has 120 valence electrons. The minimum Gasteiger partial charge on any atom is -0.457 e. The molecule has 0 aliphatic rings. The van der Waals surface area contributed by atoms with Gasteiger partial charge in [-0.15, -0.1) is 0 Å². The van der Waals surface area contributed by atoms with E-state index >= 15 is 0 Å². The maximum Gasteiger partial charge on any atom is 0.306 e. The molecule has 7 heteroatoms. The summed E-state index contributed by atoms with van der Waals surface area (Å²) >= 11 is 0. The highest BCUT2D eigenvalue weighted by atomic mass is 19.3. The fourth-order valence-corrected chi connectivity index (χ4v) is 1.75. The molecule has 0 saturated carbocycles. The van der Waals surface area contributed by atoms with Crippen LogP contribution in [0.3, 0.4) is 0 Å². The second kappa shape index (κ2) is 7.04. The Morgan fingerprint density at radius 2 is 1.00 bits per heavy atom. The number of hydrogen-bond acceptors (Lipinski definition) is 1. The Kier molecular flexibility index (Phi) is 5.10. The lowest BCUT2D eigenvalue weighted by Crippen LogP contribution is -1.88. The minimum atomic E-state index is -2.48. The molecule has 0 bridgehead atoms. The summed E-state index contributed by atoms with van der Waals surface area (Å²) in [5.41, 5.74) is -0.806. The van der Waals surface area contributed by atoms with Crippen LogP contribution in [0.5, 0.6) is 11.5 Å². The van der Waals surface area contributed by atoms with Gasteiger partial charge in [-0.1, -0.05) is 24.3 Å². The molecule has 2 aromatic carbocycles. The molecule has 0 aliphatic heterocycles. The zero-order chi connectivity index (χ0) is 17.0. The number of benzene rings is 2. The molecule has 0 N–H and O–H groups in total. The molecule has 0 unspecified atom stereocenters. The Morgan fingerprint density at radius 1 is 0.609 bits per heavy atom. The minimum absolute atomic E-state index is 0.0128. The van der Waals surface area contributed by atoms with Crippen LogP contribution in [0.1, 0.15) is 11.1 Å². The van der Waals surface area contributed by atoms with E-state index in [9.17, 15) is 26.3 Å². The number of rotatable bonds is 4. The van der Waals surface area contributed by atoms with Crippen LogP contribution >= 0.6 is 0 Å². The largest absolute Gasteiger partial charge is 0.457 e. The first-order chi connectivity index (χ1) is 10.9. The van der Waals surface area contributed by atoms with Crippen LogP contribution in [-0.2, 0) is 0 Å². The van der Waals surface area contributed by atoms with E-state index < -0.39 is 34.9 Å². The van der Waals surface area contributed by atoms with Gasteiger partial charge in [-0.3, -0.25) is 0 Å². The molecule has 2 aromatic rings. The highest BCUT2D eigenvalue weighted by Crippen LogP contribution is 2.30. The molecule has 0 radical (unpaired) electrons. The summed E-state index contributed by atoms with van der Waals surface area (Å²) in [6.45, 7) is 0. The van der Waals surface area contributed by atoms with E-state index in [0.717, 1.165) is 24.3 Å². The first-order valence-electron chi connectivity index (χ1n) is 6.18. The molecule has 0 heterocycles. The number of halogens is 6. The van der Waals surface area contributed by atoms with Gasteiger partial charge in [0.2, 0.25) is 0 Å². The van der Waals surface area contributed by atoms with E-state index in [0.29, 0.717) is 0 Å². The van der Waals surface area contributed by atoms with Gasteiger partial charge in [-0.05, 0) is 24.3 Å². The lowest BCUT2D eigenvalue weighted by Gasteiger charge is -2.08. The van der Waals surface area contributed by atoms with Gasteiger partial charge in [0, 0.05) is 11.1 Å². The zero-order valence-corrected chi connectivity index (χ0v) is 11.3. The van der Waals surface area contributed by atoms with Crippen molar-refractivity contribution in [1.29, 1.82) is 0 Å². The molecule has 1 nitrogen and oxygen atoms in total. The van der Waals surface area contributed by atoms with Crippen LogP contribution in [0.2, 0.25) is 0 Å². The first-order valence-corrected chi connectivity index (χ1v) is 6.18. The van der Waals surface area contributed by atoms with Crippen LogP contribution in [0.15, 0.2) is 60.7 Å². The maximum absolute atomic E-state index is 13.2. The summed E-state index contributed by atoms with van der Waals surface area (Å²) in [5, 5.41) is 0. The summed E-state index contributed by atoms with van der Waals surface area (Å²) in [4.78, 5) is 0. The summed E-state index contributed by atoms with van der Waals surface area (Å²) in [6.07, 6.45) is -4.95. The first kappa shape index (κ1) is 16.7. The van der Waals surface area contributed by atoms with Crippen molar-refractivity contribution >= 4 is 11.7 Å². The van der Waals surface area contributed by atoms with E-state index in [2.05, 4.69) is 0 Å². The second-order valence-electron chi connectivity index (χ2n) is 4.31. The highest BCUT2D eigenvalue weighted by molar-refractivity contribution is 5.62. The number of hydrogen-bond donors (Lipinski definition) is 0. The Morgan fingerprint density at radius 3 is 1.35 bits per heavy atom. The fourth-order valence-electron chi connectivity index (χ4n) is 1.75. The molecule has 0 saturated heterocycles. The highest BCUT2D eigenvalue weighted by Gasteiger charge is 2.11. The van der Waals surface area contributed by atoms with E-state index in [1.54, 1.807) is 0 Å². The van der Waals surface area contributed by atoms with Crippen molar-refractivity contribution in [3.05, 3.63) is 71.8 Å². The van der Waals surface area contributed by atoms with Gasteiger partial charge in [0.1, 0.15) is 11.5 Å². The maximum atomic E-state index is 13.2. The zero-order valence-electron chi connectivity index (χ0n) is 11.3.